The summed E-state index contributed by atoms with van der Waals surface area (Å²) >= 11 is 0. The highest BCUT2D eigenvalue weighted by molar-refractivity contribution is 5.71. The van der Waals surface area contributed by atoms with Gasteiger partial charge in [-0.15, -0.1) is 0 Å². The first-order chi connectivity index (χ1) is 18.6. The molecule has 2 N–H and O–H groups in total. The van der Waals surface area contributed by atoms with Crippen molar-refractivity contribution in [1.82, 2.24) is 34.6 Å². The van der Waals surface area contributed by atoms with Crippen LogP contribution in [0.2, 0.25) is 0 Å². The maximum atomic E-state index is 12.1. The van der Waals surface area contributed by atoms with Crippen molar-refractivity contribution in [2.24, 2.45) is 0 Å². The van der Waals surface area contributed by atoms with Gasteiger partial charge < -0.3 is 19.6 Å². The zero-order chi connectivity index (χ0) is 27.0. The van der Waals surface area contributed by atoms with Crippen LogP contribution >= 0.6 is 0 Å². The van der Waals surface area contributed by atoms with Crippen LogP contribution in [0.15, 0.2) is 49.1 Å². The number of rotatable bonds is 19. The van der Waals surface area contributed by atoms with Gasteiger partial charge in [0.25, 0.3) is 0 Å². The van der Waals surface area contributed by atoms with E-state index in [1.807, 2.05) is 12.4 Å². The van der Waals surface area contributed by atoms with Crippen molar-refractivity contribution in [2.75, 3.05) is 39.8 Å². The molecule has 0 saturated carbocycles. The number of imidazole rings is 2. The lowest BCUT2D eigenvalue weighted by atomic mass is 10.1. The van der Waals surface area contributed by atoms with E-state index >= 15 is 0 Å². The summed E-state index contributed by atoms with van der Waals surface area (Å²) in [5.74, 6) is 1.67. The van der Waals surface area contributed by atoms with Crippen LogP contribution in [-0.2, 0) is 35.7 Å². The molecule has 208 valence electrons. The Labute approximate surface area is 227 Å². The van der Waals surface area contributed by atoms with Crippen molar-refractivity contribution in [1.29, 1.82) is 0 Å². The first-order valence-corrected chi connectivity index (χ1v) is 13.9. The zero-order valence-corrected chi connectivity index (χ0v) is 23.4. The lowest BCUT2D eigenvalue weighted by molar-refractivity contribution is -0.142. The number of H-pyrrole nitrogens is 2. The highest BCUT2D eigenvalue weighted by Crippen LogP contribution is 2.14. The molecule has 1 aromatic carbocycles. The number of nitrogens with zero attached hydrogens (tertiary/aromatic N) is 5. The molecule has 2 aromatic heterocycles. The summed E-state index contributed by atoms with van der Waals surface area (Å²) in [5.41, 5.74) is 2.41. The normalized spacial score (nSPS) is 11.6. The summed E-state index contributed by atoms with van der Waals surface area (Å²) in [6, 6.07) is 8.69. The minimum absolute atomic E-state index is 0.188. The molecule has 0 bridgehead atoms. The van der Waals surface area contributed by atoms with E-state index in [1.54, 1.807) is 12.4 Å². The third-order valence-corrected chi connectivity index (χ3v) is 6.55. The summed E-state index contributed by atoms with van der Waals surface area (Å²) in [6.45, 7) is 12.0. The fourth-order valence-corrected chi connectivity index (χ4v) is 4.73. The molecule has 2 heterocycles. The van der Waals surface area contributed by atoms with E-state index in [1.165, 1.54) is 31.1 Å². The molecule has 3 aromatic rings. The monoisotopic (exact) mass is 523 g/mol. The Balaban J connectivity index is 1.55. The van der Waals surface area contributed by atoms with Crippen molar-refractivity contribution in [3.05, 3.63) is 71.8 Å². The topological polar surface area (TPSA) is 93.4 Å². The van der Waals surface area contributed by atoms with Crippen molar-refractivity contribution in [2.45, 2.75) is 65.7 Å². The Morgan fingerprint density at radius 2 is 1.24 bits per heavy atom. The number of aromatic nitrogens is 4. The first-order valence-electron chi connectivity index (χ1n) is 13.9. The average Bonchev–Trinajstić information content (AvgIpc) is 3.62. The summed E-state index contributed by atoms with van der Waals surface area (Å²) in [4.78, 5) is 34.3. The molecule has 0 spiro atoms. The highest BCUT2D eigenvalue weighted by Gasteiger charge is 2.14. The van der Waals surface area contributed by atoms with Crippen molar-refractivity contribution < 1.29 is 9.53 Å². The van der Waals surface area contributed by atoms with Crippen LogP contribution in [0, 0.1) is 0 Å². The van der Waals surface area contributed by atoms with Crippen LogP contribution in [0.25, 0.3) is 0 Å². The molecule has 0 fully saturated rings. The molecule has 0 radical (unpaired) electrons. The van der Waals surface area contributed by atoms with Gasteiger partial charge in [-0.2, -0.15) is 0 Å². The molecule has 0 aliphatic carbocycles. The van der Waals surface area contributed by atoms with Crippen molar-refractivity contribution in [3.8, 4) is 0 Å². The summed E-state index contributed by atoms with van der Waals surface area (Å²) in [6.07, 6.45) is 11.8. The molecule has 0 amide bonds. The standard InChI is InChI=1S/C29H45N7O2/c1-4-16-34(17-5-2)18-6-7-19-35(24-29(37)38-3)20-25-8-10-26(11-9-25)21-36(22-27-30-12-13-31-27)23-28-32-14-15-33-28/h8-15H,4-7,16-24H2,1-3H3,(H,30,31)(H,32,33). The minimum Gasteiger partial charge on any atom is -0.468 e. The molecule has 3 rings (SSSR count). The fraction of sp³-hybridized carbons (Fsp3) is 0.552. The van der Waals surface area contributed by atoms with Crippen LogP contribution in [0.4, 0.5) is 0 Å². The van der Waals surface area contributed by atoms with E-state index in [-0.39, 0.29) is 5.97 Å². The number of carbonyl (C=O) groups excluding carboxylic acids is 1. The van der Waals surface area contributed by atoms with E-state index in [0.29, 0.717) is 19.6 Å². The van der Waals surface area contributed by atoms with Crippen molar-refractivity contribution >= 4 is 5.97 Å². The number of aromatic amines is 2. The molecule has 0 aliphatic rings. The number of hydrogen-bond donors (Lipinski definition) is 2. The van der Waals surface area contributed by atoms with Crippen LogP contribution in [0.5, 0.6) is 0 Å². The lowest BCUT2D eigenvalue weighted by Gasteiger charge is -2.24. The van der Waals surface area contributed by atoms with Crippen LogP contribution < -0.4 is 0 Å². The number of benzene rings is 1. The second-order valence-corrected chi connectivity index (χ2v) is 9.87. The van der Waals surface area contributed by atoms with Crippen LogP contribution in [0.1, 0.15) is 62.3 Å². The Morgan fingerprint density at radius 1 is 0.737 bits per heavy atom. The van der Waals surface area contributed by atoms with E-state index in [4.69, 9.17) is 4.74 Å². The highest BCUT2D eigenvalue weighted by atomic mass is 16.5. The first kappa shape index (κ1) is 29.5. The number of nitrogens with one attached hydrogen (secondary N) is 2. The summed E-state index contributed by atoms with van der Waals surface area (Å²) < 4.78 is 4.97. The molecule has 0 saturated heterocycles. The maximum absolute atomic E-state index is 12.1. The van der Waals surface area contributed by atoms with Crippen LogP contribution in [0.3, 0.4) is 0 Å². The lowest BCUT2D eigenvalue weighted by Crippen LogP contribution is -2.32. The van der Waals surface area contributed by atoms with Crippen LogP contribution in [-0.4, -0.2) is 80.4 Å². The molecule has 9 heteroatoms. The number of unbranched alkanes of at least 4 members (excludes halogenated alkanes) is 1. The fourth-order valence-electron chi connectivity index (χ4n) is 4.73. The summed E-state index contributed by atoms with van der Waals surface area (Å²) in [5, 5.41) is 0. The number of carbonyl (C=O) groups is 1. The average molecular weight is 524 g/mol. The van der Waals surface area contributed by atoms with Gasteiger partial charge in [0, 0.05) is 37.9 Å². The van der Waals surface area contributed by atoms with Gasteiger partial charge in [0.05, 0.1) is 26.7 Å². The molecular weight excluding hydrogens is 478 g/mol. The van der Waals surface area contributed by atoms with Gasteiger partial charge in [-0.1, -0.05) is 38.1 Å². The summed E-state index contributed by atoms with van der Waals surface area (Å²) in [7, 11) is 1.46. The molecule has 38 heavy (non-hydrogen) atoms. The third kappa shape index (κ3) is 10.8. The number of ether oxygens (including phenoxy) is 1. The molecule has 0 atom stereocenters. The Kier molecular flexibility index (Phi) is 13.0. The van der Waals surface area contributed by atoms with Gasteiger partial charge in [0.15, 0.2) is 0 Å². The SMILES string of the molecule is CCCN(CCC)CCCCN(CC(=O)OC)Cc1ccc(CN(Cc2ncc[nH]2)Cc2ncc[nH]2)cc1. The molecule has 9 nitrogen and oxygen atoms in total. The quantitative estimate of drug-likeness (QED) is 0.180. The van der Waals surface area contributed by atoms with Gasteiger partial charge in [0.2, 0.25) is 0 Å². The number of methoxy groups -OCH3 is 1. The molecule has 0 unspecified atom stereocenters. The molecular formula is C29H45N7O2. The zero-order valence-electron chi connectivity index (χ0n) is 23.4. The Bertz CT molecular complexity index is 964. The van der Waals surface area contributed by atoms with E-state index in [0.717, 1.165) is 63.8 Å². The second-order valence-electron chi connectivity index (χ2n) is 9.87. The largest absolute Gasteiger partial charge is 0.468 e. The van der Waals surface area contributed by atoms with E-state index < -0.39 is 0 Å². The van der Waals surface area contributed by atoms with Gasteiger partial charge in [-0.3, -0.25) is 14.6 Å². The van der Waals surface area contributed by atoms with E-state index in [2.05, 4.69) is 72.7 Å². The van der Waals surface area contributed by atoms with Gasteiger partial charge in [-0.05, 0) is 63.0 Å². The van der Waals surface area contributed by atoms with Gasteiger partial charge in [-0.25, -0.2) is 9.97 Å². The van der Waals surface area contributed by atoms with Gasteiger partial charge >= 0.3 is 5.97 Å². The second kappa shape index (κ2) is 16.8. The Morgan fingerprint density at radius 3 is 1.68 bits per heavy atom. The van der Waals surface area contributed by atoms with Gasteiger partial charge in [0.1, 0.15) is 11.6 Å². The predicted molar refractivity (Wildman–Crippen MR) is 150 cm³/mol. The number of hydrogen-bond acceptors (Lipinski definition) is 7. The smallest absolute Gasteiger partial charge is 0.319 e. The predicted octanol–water partition coefficient (Wildman–Crippen LogP) is 4.21. The third-order valence-electron chi connectivity index (χ3n) is 6.55. The molecule has 0 aliphatic heterocycles. The minimum atomic E-state index is -0.188. The maximum Gasteiger partial charge on any atom is 0.319 e. The Hall–Kier alpha value is -3.01. The van der Waals surface area contributed by atoms with Crippen molar-refractivity contribution in [3.63, 3.8) is 0 Å². The number of esters is 1. The van der Waals surface area contributed by atoms with E-state index in [9.17, 15) is 4.79 Å².